The summed E-state index contributed by atoms with van der Waals surface area (Å²) in [7, 11) is 1.37. The summed E-state index contributed by atoms with van der Waals surface area (Å²) in [6.45, 7) is 4.29. The van der Waals surface area contributed by atoms with E-state index in [4.69, 9.17) is 33.0 Å². The van der Waals surface area contributed by atoms with Crippen molar-refractivity contribution in [3.05, 3.63) is 101 Å². The van der Waals surface area contributed by atoms with Gasteiger partial charge in [0.15, 0.2) is 5.11 Å². The Morgan fingerprint density at radius 2 is 1.85 bits per heavy atom. The van der Waals surface area contributed by atoms with E-state index in [1.54, 1.807) is 18.3 Å². The summed E-state index contributed by atoms with van der Waals surface area (Å²) in [5, 5.41) is 4.70. The van der Waals surface area contributed by atoms with Crippen molar-refractivity contribution in [1.82, 2.24) is 10.3 Å². The van der Waals surface area contributed by atoms with Gasteiger partial charge in [-0.2, -0.15) is 0 Å². The molecule has 0 bridgehead atoms. The molecule has 9 heteroatoms. The van der Waals surface area contributed by atoms with E-state index in [0.717, 1.165) is 48.9 Å². The third-order valence-corrected chi connectivity index (χ3v) is 8.57. The van der Waals surface area contributed by atoms with E-state index in [9.17, 15) is 4.79 Å². The predicted molar refractivity (Wildman–Crippen MR) is 165 cm³/mol. The topological polar surface area (TPSA) is 70.8 Å². The van der Waals surface area contributed by atoms with Gasteiger partial charge in [-0.25, -0.2) is 4.79 Å². The van der Waals surface area contributed by atoms with Crippen LogP contribution in [0.15, 0.2) is 83.4 Å². The highest BCUT2D eigenvalue weighted by molar-refractivity contribution is 7.80. The number of ether oxygens (including phenoxy) is 1. The number of esters is 1. The van der Waals surface area contributed by atoms with Crippen molar-refractivity contribution in [2.24, 2.45) is 5.92 Å². The van der Waals surface area contributed by atoms with E-state index in [2.05, 4.69) is 34.3 Å². The van der Waals surface area contributed by atoms with Crippen LogP contribution < -0.4 is 15.1 Å². The van der Waals surface area contributed by atoms with Crippen LogP contribution in [0.25, 0.3) is 11.3 Å². The second-order valence-corrected chi connectivity index (χ2v) is 11.3. The van der Waals surface area contributed by atoms with Crippen molar-refractivity contribution in [1.29, 1.82) is 0 Å². The number of anilines is 2. The number of aromatic nitrogens is 1. The molecule has 0 amide bonds. The molecule has 4 aromatic rings. The number of benzene rings is 2. The summed E-state index contributed by atoms with van der Waals surface area (Å²) in [5.74, 6) is 1.55. The van der Waals surface area contributed by atoms with Gasteiger partial charge in [-0.3, -0.25) is 4.98 Å². The minimum atomic E-state index is -0.423. The minimum Gasteiger partial charge on any atom is -0.465 e. The third-order valence-electron chi connectivity index (χ3n) is 7.95. The summed E-state index contributed by atoms with van der Waals surface area (Å²) in [6, 6.07) is 22.4. The van der Waals surface area contributed by atoms with Gasteiger partial charge in [0.1, 0.15) is 17.6 Å². The predicted octanol–water partition coefficient (Wildman–Crippen LogP) is 7.20. The number of furan rings is 1. The van der Waals surface area contributed by atoms with Crippen LogP contribution in [0, 0.1) is 5.92 Å². The first kappa shape index (κ1) is 27.3. The Bertz CT molecular complexity index is 1570. The molecule has 0 aliphatic carbocycles. The van der Waals surface area contributed by atoms with Crippen LogP contribution in [0.4, 0.5) is 11.4 Å². The van der Waals surface area contributed by atoms with Gasteiger partial charge < -0.3 is 24.3 Å². The fraction of sp³-hybridized carbons (Fsp3) is 0.281. The Balaban J connectivity index is 1.39. The maximum atomic E-state index is 12.5. The molecule has 1 N–H and O–H groups in total. The summed E-state index contributed by atoms with van der Waals surface area (Å²) in [6.07, 6.45) is 4.09. The van der Waals surface area contributed by atoms with Gasteiger partial charge in [-0.15, -0.1) is 0 Å². The van der Waals surface area contributed by atoms with Gasteiger partial charge in [0.25, 0.3) is 0 Å². The van der Waals surface area contributed by atoms with Crippen LogP contribution >= 0.6 is 23.8 Å². The number of rotatable bonds is 6. The third kappa shape index (κ3) is 5.29. The zero-order valence-corrected chi connectivity index (χ0v) is 24.5. The van der Waals surface area contributed by atoms with Crippen molar-refractivity contribution in [2.75, 3.05) is 30.0 Å². The Labute approximate surface area is 250 Å². The number of pyridine rings is 1. The number of carbonyl (C=O) groups is 1. The molecule has 0 unspecified atom stereocenters. The normalized spacial score (nSPS) is 19.3. The van der Waals surface area contributed by atoms with Crippen LogP contribution in [0.3, 0.4) is 0 Å². The van der Waals surface area contributed by atoms with Crippen LogP contribution in [-0.4, -0.2) is 36.3 Å². The fourth-order valence-corrected chi connectivity index (χ4v) is 6.36. The van der Waals surface area contributed by atoms with Crippen molar-refractivity contribution in [2.45, 2.75) is 31.8 Å². The monoisotopic (exact) mass is 586 g/mol. The maximum Gasteiger partial charge on any atom is 0.338 e. The molecular formula is C32H31ClN4O3S. The van der Waals surface area contributed by atoms with Gasteiger partial charge >= 0.3 is 5.97 Å². The van der Waals surface area contributed by atoms with E-state index in [-0.39, 0.29) is 12.1 Å². The van der Waals surface area contributed by atoms with E-state index >= 15 is 0 Å². The smallest absolute Gasteiger partial charge is 0.338 e. The lowest BCUT2D eigenvalue weighted by Gasteiger charge is -2.33. The van der Waals surface area contributed by atoms with Crippen LogP contribution in [0.1, 0.15) is 53.7 Å². The van der Waals surface area contributed by atoms with Crippen LogP contribution in [0.5, 0.6) is 0 Å². The SMILES string of the molecule is COC(=O)c1ccccc1-c1ccc([C@@H]2[C@@H](c3ccccn3)NC(=S)N2c2ccc(N3CCC(C)CC3)c(Cl)c2)o1. The lowest BCUT2D eigenvalue weighted by molar-refractivity contribution is 0.0601. The molecule has 0 radical (unpaired) electrons. The second-order valence-electron chi connectivity index (χ2n) is 10.5. The van der Waals surface area contributed by atoms with Gasteiger partial charge in [0.2, 0.25) is 0 Å². The molecule has 7 nitrogen and oxygen atoms in total. The van der Waals surface area contributed by atoms with E-state index < -0.39 is 5.97 Å². The van der Waals surface area contributed by atoms with Crippen molar-refractivity contribution in [3.63, 3.8) is 0 Å². The molecule has 2 aromatic carbocycles. The van der Waals surface area contributed by atoms with Crippen molar-refractivity contribution < 1.29 is 13.9 Å². The zero-order valence-electron chi connectivity index (χ0n) is 22.9. The molecule has 2 aromatic heterocycles. The summed E-state index contributed by atoms with van der Waals surface area (Å²) in [5.41, 5.74) is 3.82. The molecule has 4 heterocycles. The minimum absolute atomic E-state index is 0.277. The fourth-order valence-electron chi connectivity index (χ4n) is 5.72. The summed E-state index contributed by atoms with van der Waals surface area (Å²) < 4.78 is 11.5. The van der Waals surface area contributed by atoms with Crippen molar-refractivity contribution in [3.8, 4) is 11.3 Å². The maximum absolute atomic E-state index is 12.5. The lowest BCUT2D eigenvalue weighted by Crippen LogP contribution is -2.33. The largest absolute Gasteiger partial charge is 0.465 e. The first-order chi connectivity index (χ1) is 19.9. The Morgan fingerprint density at radius 3 is 2.59 bits per heavy atom. The summed E-state index contributed by atoms with van der Waals surface area (Å²) >= 11 is 12.8. The van der Waals surface area contributed by atoms with Gasteiger partial charge in [-0.05, 0) is 79.5 Å². The molecule has 210 valence electrons. The van der Waals surface area contributed by atoms with Crippen molar-refractivity contribution >= 4 is 46.3 Å². The lowest BCUT2D eigenvalue weighted by atomic mass is 9.98. The van der Waals surface area contributed by atoms with Crippen LogP contribution in [0.2, 0.25) is 5.02 Å². The molecule has 2 fully saturated rings. The highest BCUT2D eigenvalue weighted by Crippen LogP contribution is 2.44. The molecule has 2 aliphatic heterocycles. The number of piperidine rings is 1. The van der Waals surface area contributed by atoms with Gasteiger partial charge in [0.05, 0.1) is 35.1 Å². The first-order valence-electron chi connectivity index (χ1n) is 13.8. The number of carbonyl (C=O) groups excluding carboxylic acids is 1. The number of nitrogens with zero attached hydrogens (tertiary/aromatic N) is 3. The van der Waals surface area contributed by atoms with Crippen LogP contribution in [-0.2, 0) is 4.74 Å². The first-order valence-corrected chi connectivity index (χ1v) is 14.6. The molecule has 0 spiro atoms. The number of methoxy groups -OCH3 is 1. The number of nitrogens with one attached hydrogen (secondary N) is 1. The van der Waals surface area contributed by atoms with E-state index in [0.29, 0.717) is 32.8 Å². The molecule has 0 saturated carbocycles. The molecule has 6 rings (SSSR count). The highest BCUT2D eigenvalue weighted by Gasteiger charge is 2.43. The molecule has 41 heavy (non-hydrogen) atoms. The Hall–Kier alpha value is -3.88. The Kier molecular flexibility index (Phi) is 7.69. The molecule has 2 saturated heterocycles. The average Bonchev–Trinajstić information content (AvgIpc) is 3.62. The molecule has 2 atom stereocenters. The second kappa shape index (κ2) is 11.5. The Morgan fingerprint density at radius 1 is 1.07 bits per heavy atom. The standard InChI is InChI=1S/C32H31ClN4O3S/c1-20-14-17-36(18-15-20)26-11-10-21(19-24(26)33)37-30(29(35-32(37)41)25-9-5-6-16-34-25)28-13-12-27(40-28)22-7-3-4-8-23(22)31(38)39-2/h3-13,16,19-20,29-30H,14-15,17-18H2,1-2H3,(H,35,41)/t29-,30-/m1/s1. The van der Waals surface area contributed by atoms with E-state index in [1.165, 1.54) is 7.11 Å². The highest BCUT2D eigenvalue weighted by atomic mass is 35.5. The number of thiocarbonyl (C=S) groups is 1. The van der Waals surface area contributed by atoms with E-state index in [1.807, 2.05) is 53.4 Å². The quantitative estimate of drug-likeness (QED) is 0.188. The van der Waals surface area contributed by atoms with Gasteiger partial charge in [-0.1, -0.05) is 42.8 Å². The van der Waals surface area contributed by atoms with Gasteiger partial charge in [0, 0.05) is 30.5 Å². The number of hydrogen-bond acceptors (Lipinski definition) is 6. The summed E-state index contributed by atoms with van der Waals surface area (Å²) in [4.78, 5) is 21.5. The average molecular weight is 587 g/mol. The number of halogens is 1. The molecular weight excluding hydrogens is 556 g/mol. The zero-order chi connectivity index (χ0) is 28.5. The number of hydrogen-bond donors (Lipinski definition) is 1. The molecule has 2 aliphatic rings.